The number of nitrogens with one attached hydrogen (secondary N) is 1. The molecule has 0 amide bonds. The number of pyridine rings is 1. The van der Waals surface area contributed by atoms with Gasteiger partial charge in [-0.1, -0.05) is 25.1 Å². The van der Waals surface area contributed by atoms with Crippen LogP contribution in [0.15, 0.2) is 53.6 Å². The topological polar surface area (TPSA) is 59.1 Å². The molecule has 0 saturated heterocycles. The summed E-state index contributed by atoms with van der Waals surface area (Å²) in [5.41, 5.74) is 1.01. The smallest absolute Gasteiger partial charge is 0.241 e. The van der Waals surface area contributed by atoms with Crippen LogP contribution in [0.3, 0.4) is 0 Å². The van der Waals surface area contributed by atoms with Crippen molar-refractivity contribution in [3.8, 4) is 0 Å². The molecule has 2 aromatic rings. The van der Waals surface area contributed by atoms with Gasteiger partial charge >= 0.3 is 0 Å². The normalized spacial score (nSPS) is 12.3. The van der Waals surface area contributed by atoms with Crippen LogP contribution in [0.4, 0.5) is 0 Å². The number of sulfonamides is 1. The summed E-state index contributed by atoms with van der Waals surface area (Å²) in [6.45, 7) is 5.63. The Balaban J connectivity index is 2.28. The van der Waals surface area contributed by atoms with E-state index in [0.717, 1.165) is 12.0 Å². The lowest BCUT2D eigenvalue weighted by atomic mass is 10.0. The van der Waals surface area contributed by atoms with Gasteiger partial charge in [-0.3, -0.25) is 4.98 Å². The molecule has 0 bridgehead atoms. The van der Waals surface area contributed by atoms with Crippen molar-refractivity contribution < 1.29 is 8.42 Å². The fourth-order valence-corrected chi connectivity index (χ4v) is 3.47. The van der Waals surface area contributed by atoms with Gasteiger partial charge in [-0.15, -0.1) is 0 Å². The Morgan fingerprint density at radius 2 is 1.76 bits per heavy atom. The van der Waals surface area contributed by atoms with Crippen LogP contribution >= 0.6 is 0 Å². The van der Waals surface area contributed by atoms with Gasteiger partial charge in [-0.25, -0.2) is 8.42 Å². The maximum Gasteiger partial charge on any atom is 0.241 e. The third-order valence-electron chi connectivity index (χ3n) is 3.34. The van der Waals surface area contributed by atoms with E-state index in [2.05, 4.69) is 9.71 Å². The summed E-state index contributed by atoms with van der Waals surface area (Å²) in [6, 6.07) is 12.4. The van der Waals surface area contributed by atoms with E-state index < -0.39 is 15.6 Å². The summed E-state index contributed by atoms with van der Waals surface area (Å²) in [4.78, 5) is 4.50. The number of benzene rings is 1. The van der Waals surface area contributed by atoms with Crippen LogP contribution in [0, 0.1) is 0 Å². The number of hydrogen-bond acceptors (Lipinski definition) is 3. The fraction of sp³-hybridized carbons (Fsp3) is 0.312. The molecule has 0 radical (unpaired) electrons. The third kappa shape index (κ3) is 3.68. The first-order valence-electron chi connectivity index (χ1n) is 6.89. The van der Waals surface area contributed by atoms with Gasteiger partial charge in [-0.05, 0) is 50.1 Å². The SMILES string of the molecule is CCc1ccc(S(=O)(=O)NC(C)(C)c2ccccn2)cc1. The van der Waals surface area contributed by atoms with Crippen LogP contribution in [-0.4, -0.2) is 13.4 Å². The highest BCUT2D eigenvalue weighted by molar-refractivity contribution is 7.89. The Labute approximate surface area is 126 Å². The van der Waals surface area contributed by atoms with Gasteiger partial charge in [0.1, 0.15) is 0 Å². The zero-order chi connectivity index (χ0) is 15.5. The van der Waals surface area contributed by atoms with E-state index in [1.165, 1.54) is 0 Å². The second kappa shape index (κ2) is 5.95. The molecule has 0 fully saturated rings. The van der Waals surface area contributed by atoms with Crippen molar-refractivity contribution in [1.29, 1.82) is 0 Å². The highest BCUT2D eigenvalue weighted by Gasteiger charge is 2.28. The minimum atomic E-state index is -3.58. The molecule has 1 aromatic carbocycles. The average molecular weight is 304 g/mol. The molecule has 4 nitrogen and oxygen atoms in total. The molecule has 1 N–H and O–H groups in total. The molecule has 0 atom stereocenters. The molecule has 5 heteroatoms. The summed E-state index contributed by atoms with van der Waals surface area (Å²) in [7, 11) is -3.58. The molecule has 0 aliphatic heterocycles. The van der Waals surface area contributed by atoms with Crippen molar-refractivity contribution in [1.82, 2.24) is 9.71 Å². The maximum atomic E-state index is 12.5. The number of rotatable bonds is 5. The largest absolute Gasteiger partial charge is 0.259 e. The van der Waals surface area contributed by atoms with Crippen LogP contribution in [0.25, 0.3) is 0 Å². The van der Waals surface area contributed by atoms with Crippen LogP contribution in [0.2, 0.25) is 0 Å². The highest BCUT2D eigenvalue weighted by Crippen LogP contribution is 2.21. The van der Waals surface area contributed by atoms with Gasteiger partial charge in [0, 0.05) is 6.20 Å². The van der Waals surface area contributed by atoms with Crippen molar-refractivity contribution in [3.63, 3.8) is 0 Å². The second-order valence-corrected chi connectivity index (χ2v) is 7.13. The van der Waals surface area contributed by atoms with Crippen LogP contribution in [-0.2, 0) is 22.0 Å². The first-order chi connectivity index (χ1) is 9.85. The van der Waals surface area contributed by atoms with E-state index in [4.69, 9.17) is 0 Å². The number of hydrogen-bond donors (Lipinski definition) is 1. The Morgan fingerprint density at radius 3 is 2.29 bits per heavy atom. The van der Waals surface area contributed by atoms with E-state index >= 15 is 0 Å². The maximum absolute atomic E-state index is 12.5. The highest BCUT2D eigenvalue weighted by atomic mass is 32.2. The molecule has 0 spiro atoms. The molecule has 2 rings (SSSR count). The standard InChI is InChI=1S/C16H20N2O2S/c1-4-13-8-10-14(11-9-13)21(19,20)18-16(2,3)15-7-5-6-12-17-15/h5-12,18H,4H2,1-3H3. The van der Waals surface area contributed by atoms with Crippen LogP contribution in [0.5, 0.6) is 0 Å². The van der Waals surface area contributed by atoms with Gasteiger partial charge in [0.2, 0.25) is 10.0 Å². The lowest BCUT2D eigenvalue weighted by Crippen LogP contribution is -2.41. The minimum Gasteiger partial charge on any atom is -0.259 e. The van der Waals surface area contributed by atoms with Crippen molar-refractivity contribution in [3.05, 3.63) is 59.9 Å². The molecule has 21 heavy (non-hydrogen) atoms. The Morgan fingerprint density at radius 1 is 1.10 bits per heavy atom. The summed E-state index contributed by atoms with van der Waals surface area (Å²) in [6.07, 6.45) is 2.54. The predicted octanol–water partition coefficient (Wildman–Crippen LogP) is 2.86. The molecule has 0 aliphatic rings. The van der Waals surface area contributed by atoms with E-state index in [9.17, 15) is 8.42 Å². The summed E-state index contributed by atoms with van der Waals surface area (Å²) < 4.78 is 27.7. The molecule has 1 aromatic heterocycles. The fourth-order valence-electron chi connectivity index (χ4n) is 2.08. The Hall–Kier alpha value is -1.72. The van der Waals surface area contributed by atoms with Gasteiger partial charge in [0.25, 0.3) is 0 Å². The summed E-state index contributed by atoms with van der Waals surface area (Å²) in [5.74, 6) is 0. The Kier molecular flexibility index (Phi) is 4.44. The molecular formula is C16H20N2O2S. The quantitative estimate of drug-likeness (QED) is 0.924. The Bertz CT molecular complexity index is 693. The minimum absolute atomic E-state index is 0.267. The lowest BCUT2D eigenvalue weighted by Gasteiger charge is -2.25. The molecule has 0 unspecified atom stereocenters. The van der Waals surface area contributed by atoms with E-state index in [0.29, 0.717) is 5.69 Å². The molecule has 0 aliphatic carbocycles. The van der Waals surface area contributed by atoms with Crippen molar-refractivity contribution in [2.75, 3.05) is 0 Å². The van der Waals surface area contributed by atoms with E-state index in [1.807, 2.05) is 31.2 Å². The van der Waals surface area contributed by atoms with Gasteiger partial charge in [0.15, 0.2) is 0 Å². The molecular weight excluding hydrogens is 284 g/mol. The first-order valence-corrected chi connectivity index (χ1v) is 8.38. The zero-order valence-corrected chi connectivity index (χ0v) is 13.3. The number of aryl methyl sites for hydroxylation is 1. The lowest BCUT2D eigenvalue weighted by molar-refractivity contribution is 0.460. The molecule has 112 valence electrons. The summed E-state index contributed by atoms with van der Waals surface area (Å²) >= 11 is 0. The van der Waals surface area contributed by atoms with E-state index in [-0.39, 0.29) is 4.90 Å². The molecule has 1 heterocycles. The van der Waals surface area contributed by atoms with Gasteiger partial charge in [0.05, 0.1) is 16.1 Å². The molecule has 0 saturated carbocycles. The predicted molar refractivity (Wildman–Crippen MR) is 83.4 cm³/mol. The van der Waals surface area contributed by atoms with Crippen LogP contribution in [0.1, 0.15) is 32.0 Å². The first kappa shape index (κ1) is 15.7. The van der Waals surface area contributed by atoms with Crippen LogP contribution < -0.4 is 4.72 Å². The number of aromatic nitrogens is 1. The van der Waals surface area contributed by atoms with Crippen molar-refractivity contribution in [2.45, 2.75) is 37.6 Å². The second-order valence-electron chi connectivity index (χ2n) is 5.44. The summed E-state index contributed by atoms with van der Waals surface area (Å²) in [5, 5.41) is 0. The van der Waals surface area contributed by atoms with Crippen molar-refractivity contribution in [2.24, 2.45) is 0 Å². The third-order valence-corrected chi connectivity index (χ3v) is 5.01. The van der Waals surface area contributed by atoms with Gasteiger partial charge < -0.3 is 0 Å². The van der Waals surface area contributed by atoms with E-state index in [1.54, 1.807) is 38.2 Å². The number of nitrogens with zero attached hydrogens (tertiary/aromatic N) is 1. The average Bonchev–Trinajstić information content (AvgIpc) is 2.47. The monoisotopic (exact) mass is 304 g/mol. The zero-order valence-electron chi connectivity index (χ0n) is 12.5. The van der Waals surface area contributed by atoms with Gasteiger partial charge in [-0.2, -0.15) is 4.72 Å². The van der Waals surface area contributed by atoms with Crippen molar-refractivity contribution >= 4 is 10.0 Å².